The third-order valence-corrected chi connectivity index (χ3v) is 1.58. The van der Waals surface area contributed by atoms with Crippen molar-refractivity contribution < 1.29 is 26.1 Å². The van der Waals surface area contributed by atoms with Crippen molar-refractivity contribution in [2.45, 2.75) is 4.43 Å². The Morgan fingerprint density at radius 2 is 1.92 bits per heavy atom. The molecule has 0 unspecified atom stereocenters. The molecule has 2 heterocycles. The topological polar surface area (TPSA) is 57.4 Å². The van der Waals surface area contributed by atoms with Crippen LogP contribution in [-0.4, -0.2) is 19.9 Å². The monoisotopic (exact) mass is 370 g/mol. The molecule has 0 atom stereocenters. The molecule has 6 heteroatoms. The average Bonchev–Trinajstić information content (AvgIpc) is 2.57. The molecule has 2 N–H and O–H groups in total. The Morgan fingerprint density at radius 3 is 2.58 bits per heavy atom. The number of nitrogens with zero attached hydrogens (tertiary/aromatic N) is 2. The molecule has 0 aliphatic rings. The Balaban J connectivity index is 0.000000336. The fraction of sp³-hybridized carbons (Fsp3) is 0.167. The second-order valence-electron chi connectivity index (χ2n) is 1.85. The van der Waals surface area contributed by atoms with E-state index in [1.54, 1.807) is 12.7 Å². The van der Waals surface area contributed by atoms with Crippen molar-refractivity contribution >= 4 is 23.4 Å². The van der Waals surface area contributed by atoms with Crippen LogP contribution in [0.15, 0.2) is 12.7 Å². The van der Waals surface area contributed by atoms with Gasteiger partial charge in [0, 0.05) is 0 Å². The predicted molar refractivity (Wildman–Crippen MR) is 46.1 cm³/mol. The summed E-state index contributed by atoms with van der Waals surface area (Å²) in [5.41, 5.74) is 1.52. The van der Waals surface area contributed by atoms with E-state index >= 15 is 0 Å². The molecule has 0 saturated heterocycles. The molecule has 12 heavy (non-hydrogen) atoms. The van der Waals surface area contributed by atoms with E-state index in [0.717, 1.165) is 41.9 Å². The summed E-state index contributed by atoms with van der Waals surface area (Å²) in [7, 11) is 0. The molecule has 0 aliphatic carbocycles. The summed E-state index contributed by atoms with van der Waals surface area (Å²) in [4.78, 5) is 13.7. The van der Waals surface area contributed by atoms with Crippen LogP contribution in [0.2, 0.25) is 4.43 Å². The second kappa shape index (κ2) is 4.66. The number of imidazole rings is 1. The Hall–Kier alpha value is -0.295. The number of hydrogen-bond acceptors (Lipinski definition) is 2. The van der Waals surface area contributed by atoms with Crippen LogP contribution in [-0.2, 0) is 38.3 Å². The van der Waals surface area contributed by atoms with Crippen molar-refractivity contribution in [3.05, 3.63) is 17.3 Å². The summed E-state index contributed by atoms with van der Waals surface area (Å²) in [5.74, 6) is 0. The molecule has 0 bridgehead atoms. The van der Waals surface area contributed by atoms with E-state index in [0.29, 0.717) is 0 Å². The first kappa shape index (κ1) is 9.79. The van der Waals surface area contributed by atoms with Crippen LogP contribution < -0.4 is 0 Å². The quantitative estimate of drug-likeness (QED) is 0.311. The smallest absolute Gasteiger partial charge is 0.323 e. The molecular weight excluding hydrogens is 361 g/mol. The van der Waals surface area contributed by atoms with Gasteiger partial charge in [-0.1, -0.05) is 0 Å². The number of hydrogen-bond donors (Lipinski definition) is 2. The van der Waals surface area contributed by atoms with Gasteiger partial charge in [-0.2, -0.15) is 0 Å². The third kappa shape index (κ3) is 1.89. The van der Waals surface area contributed by atoms with Crippen molar-refractivity contribution in [3.63, 3.8) is 0 Å². The van der Waals surface area contributed by atoms with Crippen LogP contribution in [0.3, 0.4) is 0 Å². The van der Waals surface area contributed by atoms with E-state index in [4.69, 9.17) is 0 Å². The fourth-order valence-corrected chi connectivity index (χ4v) is 1.01. The SMILES string of the molecule is [CH3][Hg].[SH+]=c1[nH]cnc2[nH]cnc12. The van der Waals surface area contributed by atoms with Crippen LogP contribution in [0.25, 0.3) is 11.2 Å². The van der Waals surface area contributed by atoms with Gasteiger partial charge in [-0.25, -0.2) is 9.97 Å². The third-order valence-electron chi connectivity index (χ3n) is 1.24. The van der Waals surface area contributed by atoms with Gasteiger partial charge >= 0.3 is 35.2 Å². The molecule has 2 aromatic heterocycles. The summed E-state index contributed by atoms with van der Waals surface area (Å²) in [6, 6.07) is 0. The molecule has 0 aromatic carbocycles. The first-order chi connectivity index (χ1) is 5.88. The van der Waals surface area contributed by atoms with Gasteiger partial charge in [0.05, 0.1) is 12.7 Å². The zero-order valence-corrected chi connectivity index (χ0v) is 13.1. The summed E-state index contributed by atoms with van der Waals surface area (Å²) < 4.78 is 2.92. The first-order valence-electron chi connectivity index (χ1n) is 3.47. The molecule has 0 aliphatic heterocycles. The summed E-state index contributed by atoms with van der Waals surface area (Å²) in [6.45, 7) is 0. The van der Waals surface area contributed by atoms with E-state index < -0.39 is 0 Å². The molecular formula is C6H8HgN4S+. The van der Waals surface area contributed by atoms with E-state index in [2.05, 4.69) is 36.6 Å². The number of thiol groups is 1. The number of aromatic nitrogens is 4. The molecule has 0 radical (unpaired) electrons. The van der Waals surface area contributed by atoms with Crippen molar-refractivity contribution in [1.29, 1.82) is 0 Å². The van der Waals surface area contributed by atoms with Gasteiger partial charge in [0.15, 0.2) is 23.4 Å². The normalized spacial score (nSPS) is 9.25. The Bertz CT molecular complexity index is 407. The molecule has 59 valence electrons. The second-order valence-corrected chi connectivity index (χ2v) is 2.30. The summed E-state index contributed by atoms with van der Waals surface area (Å²) in [6.07, 6.45) is 3.16. The predicted octanol–water partition coefficient (Wildman–Crippen LogP) is 0.678. The van der Waals surface area contributed by atoms with E-state index in [1.165, 1.54) is 0 Å². The molecule has 2 aromatic rings. The standard InChI is InChI=1S/C5H4N4S.CH3.Hg/c10-5-3-4(7-1-6-3)8-2-9-5;;/h1-2H,(H2,6,7,8,9,10);1H3;/p+1. The molecule has 0 spiro atoms. The van der Waals surface area contributed by atoms with E-state index in [9.17, 15) is 0 Å². The summed E-state index contributed by atoms with van der Waals surface area (Å²) >= 11 is 5.17. The average molecular weight is 369 g/mol. The molecule has 0 saturated carbocycles. The van der Waals surface area contributed by atoms with Gasteiger partial charge in [0.2, 0.25) is 0 Å². The Kier molecular flexibility index (Phi) is 3.80. The van der Waals surface area contributed by atoms with Crippen LogP contribution >= 0.6 is 0 Å². The van der Waals surface area contributed by atoms with Crippen LogP contribution in [0.5, 0.6) is 0 Å². The van der Waals surface area contributed by atoms with E-state index in [-0.39, 0.29) is 0 Å². The van der Waals surface area contributed by atoms with Crippen LogP contribution in [0.1, 0.15) is 0 Å². The number of aromatic amines is 2. The van der Waals surface area contributed by atoms with Crippen molar-refractivity contribution in [3.8, 4) is 0 Å². The minimum absolute atomic E-state index is 0.728. The number of fused-ring (bicyclic) bond motifs is 1. The number of rotatable bonds is 0. The van der Waals surface area contributed by atoms with E-state index in [1.807, 2.05) is 0 Å². The van der Waals surface area contributed by atoms with Crippen molar-refractivity contribution in [2.24, 2.45) is 0 Å². The maximum absolute atomic E-state index is 4.14. The van der Waals surface area contributed by atoms with Crippen molar-refractivity contribution in [1.82, 2.24) is 19.9 Å². The number of nitrogens with one attached hydrogen (secondary N) is 2. The summed E-state index contributed by atoms with van der Waals surface area (Å²) in [5, 5.41) is 0. The fourth-order valence-electron chi connectivity index (χ4n) is 0.785. The largest absolute Gasteiger partial charge is 0.329 e. The maximum atomic E-state index is 4.14. The Morgan fingerprint density at radius 1 is 1.25 bits per heavy atom. The zero-order valence-electron chi connectivity index (χ0n) is 6.70. The minimum Gasteiger partial charge on any atom is -0.329 e. The number of H-pyrrole nitrogens is 2. The van der Waals surface area contributed by atoms with Gasteiger partial charge in [-0.05, 0) is 0 Å². The van der Waals surface area contributed by atoms with Crippen LogP contribution in [0, 0.1) is 4.64 Å². The van der Waals surface area contributed by atoms with Crippen molar-refractivity contribution in [2.75, 3.05) is 0 Å². The van der Waals surface area contributed by atoms with Gasteiger partial charge < -0.3 is 4.98 Å². The zero-order chi connectivity index (χ0) is 8.97. The first-order valence-corrected chi connectivity index (χ1v) is 9.42. The molecule has 4 nitrogen and oxygen atoms in total. The Labute approximate surface area is 90.8 Å². The molecule has 0 fully saturated rings. The molecule has 0 amide bonds. The maximum Gasteiger partial charge on any atom is 0.323 e. The van der Waals surface area contributed by atoms with Gasteiger partial charge in [-0.15, -0.1) is 0 Å². The minimum atomic E-state index is 0.728. The van der Waals surface area contributed by atoms with Gasteiger partial charge in [-0.3, -0.25) is 4.98 Å². The molecule has 2 rings (SSSR count). The van der Waals surface area contributed by atoms with Crippen LogP contribution in [0.4, 0.5) is 0 Å². The van der Waals surface area contributed by atoms with Gasteiger partial charge in [0.25, 0.3) is 0 Å². The van der Waals surface area contributed by atoms with Gasteiger partial charge in [0.1, 0.15) is 0 Å².